The van der Waals surface area contributed by atoms with Crippen molar-refractivity contribution in [3.63, 3.8) is 0 Å². The fourth-order valence-corrected chi connectivity index (χ4v) is 5.60. The van der Waals surface area contributed by atoms with Crippen molar-refractivity contribution in [2.45, 2.75) is 25.7 Å². The van der Waals surface area contributed by atoms with E-state index in [9.17, 15) is 4.39 Å². The fraction of sp³-hybridized carbons (Fsp3) is 0.226. The normalized spacial score (nSPS) is 14.1. The standard InChI is InChI=1S/C31H28FN7/c32-24-7-5-21(6-8-24)27-18-34-19-29-25(27)14-28(36-29)30-26-13-23(17-35-31(26)38-37-30)22-12-20(15-33-16-22)4-3-11-39-9-1-2-10-39/h5-8,12-19,36H,1-4,9-11H2,(H,35,37,38). The number of hydrogen-bond acceptors (Lipinski definition) is 5. The third kappa shape index (κ3) is 4.68. The molecule has 194 valence electrons. The van der Waals surface area contributed by atoms with Crippen LogP contribution in [-0.2, 0) is 6.42 Å². The van der Waals surface area contributed by atoms with Crippen LogP contribution < -0.4 is 0 Å². The first-order valence-electron chi connectivity index (χ1n) is 13.4. The third-order valence-electron chi connectivity index (χ3n) is 7.65. The molecular formula is C31H28FN7. The van der Waals surface area contributed by atoms with Crippen LogP contribution in [0.25, 0.3) is 55.6 Å². The number of benzene rings is 1. The Bertz CT molecular complexity index is 1760. The predicted molar refractivity (Wildman–Crippen MR) is 152 cm³/mol. The van der Waals surface area contributed by atoms with Crippen molar-refractivity contribution in [1.82, 2.24) is 35.0 Å². The Morgan fingerprint density at radius 1 is 0.821 bits per heavy atom. The molecule has 8 heteroatoms. The first-order chi connectivity index (χ1) is 19.2. The van der Waals surface area contributed by atoms with Crippen molar-refractivity contribution in [2.24, 2.45) is 0 Å². The summed E-state index contributed by atoms with van der Waals surface area (Å²) in [6, 6.07) is 12.9. The summed E-state index contributed by atoms with van der Waals surface area (Å²) in [5, 5.41) is 9.55. The van der Waals surface area contributed by atoms with Crippen molar-refractivity contribution >= 4 is 21.9 Å². The maximum Gasteiger partial charge on any atom is 0.181 e. The van der Waals surface area contributed by atoms with Gasteiger partial charge < -0.3 is 9.88 Å². The molecule has 1 aromatic carbocycles. The quantitative estimate of drug-likeness (QED) is 0.256. The van der Waals surface area contributed by atoms with Crippen LogP contribution in [-0.4, -0.2) is 54.7 Å². The lowest BCUT2D eigenvalue weighted by atomic mass is 10.0. The van der Waals surface area contributed by atoms with Gasteiger partial charge in [0.2, 0.25) is 0 Å². The second-order valence-electron chi connectivity index (χ2n) is 10.3. The van der Waals surface area contributed by atoms with E-state index in [-0.39, 0.29) is 5.82 Å². The van der Waals surface area contributed by atoms with Gasteiger partial charge in [0, 0.05) is 52.3 Å². The predicted octanol–water partition coefficient (Wildman–Crippen LogP) is 6.40. The molecule has 0 bridgehead atoms. The Kier molecular flexibility index (Phi) is 6.09. The lowest BCUT2D eigenvalue weighted by molar-refractivity contribution is 0.334. The number of H-pyrrole nitrogens is 2. The second kappa shape index (κ2) is 10.0. The number of aryl methyl sites for hydroxylation is 1. The molecule has 2 N–H and O–H groups in total. The lowest BCUT2D eigenvalue weighted by Crippen LogP contribution is -2.20. The zero-order valence-electron chi connectivity index (χ0n) is 21.5. The molecule has 7 rings (SSSR count). The van der Waals surface area contributed by atoms with Crippen molar-refractivity contribution in [1.29, 1.82) is 0 Å². The Morgan fingerprint density at radius 3 is 2.51 bits per heavy atom. The topological polar surface area (TPSA) is 86.4 Å². The summed E-state index contributed by atoms with van der Waals surface area (Å²) < 4.78 is 13.5. The highest BCUT2D eigenvalue weighted by atomic mass is 19.1. The molecule has 39 heavy (non-hydrogen) atoms. The summed E-state index contributed by atoms with van der Waals surface area (Å²) in [5.74, 6) is -0.260. The molecule has 0 amide bonds. The van der Waals surface area contributed by atoms with Gasteiger partial charge in [0.15, 0.2) is 5.65 Å². The molecule has 6 heterocycles. The minimum absolute atomic E-state index is 0.260. The summed E-state index contributed by atoms with van der Waals surface area (Å²) in [6.07, 6.45) is 14.2. The van der Waals surface area contributed by atoms with Gasteiger partial charge in [0.25, 0.3) is 0 Å². The van der Waals surface area contributed by atoms with E-state index >= 15 is 0 Å². The van der Waals surface area contributed by atoms with E-state index in [1.165, 1.54) is 43.6 Å². The molecule has 1 aliphatic heterocycles. The number of halogens is 1. The van der Waals surface area contributed by atoms with E-state index in [1.54, 1.807) is 18.3 Å². The number of fused-ring (bicyclic) bond motifs is 2. The molecule has 1 fully saturated rings. The van der Waals surface area contributed by atoms with Crippen molar-refractivity contribution in [3.05, 3.63) is 84.8 Å². The minimum atomic E-state index is -0.260. The van der Waals surface area contributed by atoms with Gasteiger partial charge in [-0.05, 0) is 86.8 Å². The number of aromatic nitrogens is 6. The third-order valence-corrected chi connectivity index (χ3v) is 7.65. The van der Waals surface area contributed by atoms with E-state index in [0.29, 0.717) is 5.65 Å². The molecule has 1 saturated heterocycles. The number of likely N-dealkylation sites (tertiary alicyclic amines) is 1. The first-order valence-corrected chi connectivity index (χ1v) is 13.4. The van der Waals surface area contributed by atoms with Gasteiger partial charge in [-0.15, -0.1) is 0 Å². The highest BCUT2D eigenvalue weighted by Gasteiger charge is 2.16. The van der Waals surface area contributed by atoms with Crippen LogP contribution in [0.1, 0.15) is 24.8 Å². The molecule has 6 aromatic rings. The van der Waals surface area contributed by atoms with Crippen molar-refractivity contribution in [2.75, 3.05) is 19.6 Å². The zero-order chi connectivity index (χ0) is 26.2. The SMILES string of the molecule is Fc1ccc(-c2cncc3[nH]c(-c4[nH]nc5ncc(-c6cncc(CCCN7CCCC7)c6)cc45)cc23)cc1. The van der Waals surface area contributed by atoms with Gasteiger partial charge in [-0.25, -0.2) is 9.37 Å². The summed E-state index contributed by atoms with van der Waals surface area (Å²) in [7, 11) is 0. The van der Waals surface area contributed by atoms with Gasteiger partial charge >= 0.3 is 0 Å². The molecule has 0 radical (unpaired) electrons. The van der Waals surface area contributed by atoms with Crippen LogP contribution >= 0.6 is 0 Å². The molecule has 5 aromatic heterocycles. The van der Waals surface area contributed by atoms with Gasteiger partial charge in [0.1, 0.15) is 5.82 Å². The van der Waals surface area contributed by atoms with Crippen LogP contribution in [0, 0.1) is 5.82 Å². The van der Waals surface area contributed by atoms with Crippen LogP contribution in [0.5, 0.6) is 0 Å². The Balaban J connectivity index is 1.20. The maximum atomic E-state index is 13.5. The lowest BCUT2D eigenvalue weighted by Gasteiger charge is -2.14. The highest BCUT2D eigenvalue weighted by molar-refractivity contribution is 6.00. The molecule has 0 atom stereocenters. The molecule has 7 nitrogen and oxygen atoms in total. The maximum absolute atomic E-state index is 13.5. The number of pyridine rings is 3. The van der Waals surface area contributed by atoms with Crippen LogP contribution in [0.15, 0.2) is 73.4 Å². The molecule has 0 spiro atoms. The molecule has 1 aliphatic rings. The number of nitrogens with zero attached hydrogens (tertiary/aromatic N) is 5. The Hall–Kier alpha value is -4.43. The number of aromatic amines is 2. The zero-order valence-corrected chi connectivity index (χ0v) is 21.5. The summed E-state index contributed by atoms with van der Waals surface area (Å²) in [4.78, 5) is 19.6. The highest BCUT2D eigenvalue weighted by Crippen LogP contribution is 2.34. The van der Waals surface area contributed by atoms with Crippen molar-refractivity contribution < 1.29 is 4.39 Å². The summed E-state index contributed by atoms with van der Waals surface area (Å²) in [5.41, 5.74) is 8.43. The van der Waals surface area contributed by atoms with Gasteiger partial charge in [0.05, 0.1) is 23.1 Å². The minimum Gasteiger partial charge on any atom is -0.352 e. The average Bonchev–Trinajstić information content (AvgIpc) is 3.73. The van der Waals surface area contributed by atoms with E-state index in [0.717, 1.165) is 69.3 Å². The van der Waals surface area contributed by atoms with Crippen LogP contribution in [0.3, 0.4) is 0 Å². The second-order valence-corrected chi connectivity index (χ2v) is 10.3. The average molecular weight is 518 g/mol. The number of nitrogens with one attached hydrogen (secondary N) is 2. The van der Waals surface area contributed by atoms with Crippen LogP contribution in [0.2, 0.25) is 0 Å². The van der Waals surface area contributed by atoms with E-state index in [2.05, 4.69) is 53.2 Å². The fourth-order valence-electron chi connectivity index (χ4n) is 5.60. The van der Waals surface area contributed by atoms with E-state index in [4.69, 9.17) is 0 Å². The van der Waals surface area contributed by atoms with Gasteiger partial charge in [-0.1, -0.05) is 12.1 Å². The molecule has 0 saturated carbocycles. The number of hydrogen-bond donors (Lipinski definition) is 2. The van der Waals surface area contributed by atoms with Gasteiger partial charge in [-0.2, -0.15) is 5.10 Å². The first kappa shape index (κ1) is 23.7. The van der Waals surface area contributed by atoms with E-state index in [1.807, 2.05) is 24.8 Å². The van der Waals surface area contributed by atoms with Crippen molar-refractivity contribution in [3.8, 4) is 33.6 Å². The molecule has 0 aliphatic carbocycles. The number of rotatable bonds is 7. The van der Waals surface area contributed by atoms with Crippen LogP contribution in [0.4, 0.5) is 4.39 Å². The van der Waals surface area contributed by atoms with E-state index < -0.39 is 0 Å². The Morgan fingerprint density at radius 2 is 1.64 bits per heavy atom. The Labute approximate surface area is 225 Å². The largest absolute Gasteiger partial charge is 0.352 e. The smallest absolute Gasteiger partial charge is 0.181 e. The molecule has 0 unspecified atom stereocenters. The molecular weight excluding hydrogens is 489 g/mol. The monoisotopic (exact) mass is 517 g/mol. The summed E-state index contributed by atoms with van der Waals surface area (Å²) in [6.45, 7) is 3.62. The van der Waals surface area contributed by atoms with Gasteiger partial charge in [-0.3, -0.25) is 15.1 Å². The summed E-state index contributed by atoms with van der Waals surface area (Å²) >= 11 is 0.